The fraction of sp³-hybridized carbons (Fsp3) is 0.385. The lowest BCUT2D eigenvalue weighted by Gasteiger charge is -2.37. The highest BCUT2D eigenvalue weighted by Crippen LogP contribution is 2.46. The Balaban J connectivity index is 1.49. The van der Waals surface area contributed by atoms with Gasteiger partial charge >= 0.3 is 0 Å². The molecule has 1 aliphatic heterocycles. The Hall–Kier alpha value is -3.30. The molecule has 4 aromatic rings. The number of aromatic hydroxyl groups is 1. The second kappa shape index (κ2) is 10.1. The summed E-state index contributed by atoms with van der Waals surface area (Å²) in [6.45, 7) is 1.82. The normalized spacial score (nSPS) is 15.9. The molecular formula is C26H30N4O4S. The number of thiazole rings is 1. The van der Waals surface area contributed by atoms with Crippen molar-refractivity contribution in [2.24, 2.45) is 5.92 Å². The molecule has 8 nitrogen and oxygen atoms in total. The summed E-state index contributed by atoms with van der Waals surface area (Å²) in [6.07, 6.45) is 4.71. The first kappa shape index (κ1) is 23.4. The molecule has 0 bridgehead atoms. The van der Waals surface area contributed by atoms with Gasteiger partial charge < -0.3 is 19.3 Å². The average molecular weight is 495 g/mol. The van der Waals surface area contributed by atoms with E-state index in [1.54, 1.807) is 21.3 Å². The summed E-state index contributed by atoms with van der Waals surface area (Å²) in [7, 11) is 4.83. The van der Waals surface area contributed by atoms with Gasteiger partial charge in [-0.1, -0.05) is 41.7 Å². The number of nitrogens with zero attached hydrogens (tertiary/aromatic N) is 4. The van der Waals surface area contributed by atoms with Crippen molar-refractivity contribution in [2.75, 3.05) is 34.4 Å². The van der Waals surface area contributed by atoms with E-state index in [9.17, 15) is 5.11 Å². The van der Waals surface area contributed by atoms with Crippen molar-refractivity contribution in [3.63, 3.8) is 0 Å². The van der Waals surface area contributed by atoms with Gasteiger partial charge in [0.15, 0.2) is 11.5 Å². The van der Waals surface area contributed by atoms with E-state index in [0.29, 0.717) is 28.1 Å². The molecule has 1 atom stereocenters. The third-order valence-electron chi connectivity index (χ3n) is 6.77. The van der Waals surface area contributed by atoms with E-state index in [4.69, 9.17) is 14.2 Å². The van der Waals surface area contributed by atoms with Crippen LogP contribution in [0.2, 0.25) is 0 Å². The van der Waals surface area contributed by atoms with Gasteiger partial charge in [0.25, 0.3) is 0 Å². The topological polar surface area (TPSA) is 81.4 Å². The Morgan fingerprint density at radius 1 is 1.03 bits per heavy atom. The first-order valence-electron chi connectivity index (χ1n) is 11.7. The fourth-order valence-corrected chi connectivity index (χ4v) is 6.11. The molecule has 2 aromatic carbocycles. The number of ether oxygens (including phenoxy) is 3. The number of fused-ring (bicyclic) bond motifs is 1. The summed E-state index contributed by atoms with van der Waals surface area (Å²) in [5.41, 5.74) is 2.34. The van der Waals surface area contributed by atoms with Crippen molar-refractivity contribution < 1.29 is 19.3 Å². The van der Waals surface area contributed by atoms with Crippen molar-refractivity contribution in [3.8, 4) is 23.1 Å². The van der Waals surface area contributed by atoms with Crippen LogP contribution in [0.4, 0.5) is 0 Å². The highest BCUT2D eigenvalue weighted by molar-refractivity contribution is 7.17. The highest BCUT2D eigenvalue weighted by atomic mass is 32.1. The molecule has 9 heteroatoms. The van der Waals surface area contributed by atoms with E-state index in [2.05, 4.69) is 45.3 Å². The van der Waals surface area contributed by atoms with Crippen LogP contribution in [0.25, 0.3) is 4.96 Å². The quantitative estimate of drug-likeness (QED) is 0.384. The molecule has 3 heterocycles. The van der Waals surface area contributed by atoms with Gasteiger partial charge in [0.1, 0.15) is 6.33 Å². The zero-order valence-corrected chi connectivity index (χ0v) is 21.0. The lowest BCUT2D eigenvalue weighted by Crippen LogP contribution is -2.37. The van der Waals surface area contributed by atoms with Crippen molar-refractivity contribution in [2.45, 2.75) is 25.3 Å². The van der Waals surface area contributed by atoms with E-state index in [0.717, 1.165) is 42.8 Å². The molecule has 184 valence electrons. The Kier molecular flexibility index (Phi) is 6.79. The van der Waals surface area contributed by atoms with Gasteiger partial charge in [0, 0.05) is 0 Å². The van der Waals surface area contributed by atoms with Crippen LogP contribution in [0.5, 0.6) is 23.1 Å². The Morgan fingerprint density at radius 3 is 2.31 bits per heavy atom. The summed E-state index contributed by atoms with van der Waals surface area (Å²) in [5, 5.41) is 15.3. The van der Waals surface area contributed by atoms with Crippen LogP contribution in [0.1, 0.15) is 34.9 Å². The zero-order valence-electron chi connectivity index (χ0n) is 20.2. The van der Waals surface area contributed by atoms with E-state index in [1.807, 2.05) is 12.1 Å². The molecule has 2 aromatic heterocycles. The minimum Gasteiger partial charge on any atom is -0.493 e. The maximum Gasteiger partial charge on any atom is 0.230 e. The molecule has 5 rings (SSSR count). The van der Waals surface area contributed by atoms with Gasteiger partial charge in [-0.05, 0) is 61.5 Å². The number of hydrogen-bond donors (Lipinski definition) is 1. The lowest BCUT2D eigenvalue weighted by molar-refractivity contribution is 0.150. The van der Waals surface area contributed by atoms with Gasteiger partial charge in [-0.15, -0.1) is 0 Å². The van der Waals surface area contributed by atoms with E-state index < -0.39 is 0 Å². The number of methoxy groups -OCH3 is 3. The number of aromatic nitrogens is 3. The van der Waals surface area contributed by atoms with Crippen LogP contribution in [-0.4, -0.2) is 59.0 Å². The van der Waals surface area contributed by atoms with Crippen LogP contribution in [0, 0.1) is 5.92 Å². The molecule has 1 fully saturated rings. The molecule has 1 aliphatic rings. The Bertz CT molecular complexity index is 1260. The van der Waals surface area contributed by atoms with E-state index in [-0.39, 0.29) is 11.9 Å². The zero-order chi connectivity index (χ0) is 24.4. The first-order valence-corrected chi connectivity index (χ1v) is 12.5. The number of rotatable bonds is 8. The summed E-state index contributed by atoms with van der Waals surface area (Å²) in [6, 6.07) is 14.4. The van der Waals surface area contributed by atoms with E-state index in [1.165, 1.54) is 27.7 Å². The van der Waals surface area contributed by atoms with Gasteiger partial charge in [-0.2, -0.15) is 9.61 Å². The Morgan fingerprint density at radius 2 is 1.71 bits per heavy atom. The summed E-state index contributed by atoms with van der Waals surface area (Å²) in [4.78, 5) is 8.18. The van der Waals surface area contributed by atoms with Crippen molar-refractivity contribution in [3.05, 3.63) is 64.8 Å². The van der Waals surface area contributed by atoms with Gasteiger partial charge in [-0.25, -0.2) is 4.98 Å². The molecule has 35 heavy (non-hydrogen) atoms. The van der Waals surface area contributed by atoms with Gasteiger partial charge in [-0.3, -0.25) is 4.90 Å². The molecule has 0 amide bonds. The van der Waals surface area contributed by atoms with Crippen LogP contribution in [-0.2, 0) is 6.42 Å². The number of benzene rings is 2. The maximum absolute atomic E-state index is 11.1. The summed E-state index contributed by atoms with van der Waals surface area (Å²) in [5.74, 6) is 2.47. The minimum atomic E-state index is -0.199. The summed E-state index contributed by atoms with van der Waals surface area (Å²) >= 11 is 1.45. The van der Waals surface area contributed by atoms with Crippen molar-refractivity contribution >= 4 is 16.3 Å². The molecule has 0 saturated carbocycles. The van der Waals surface area contributed by atoms with Crippen molar-refractivity contribution in [1.29, 1.82) is 0 Å². The molecule has 1 saturated heterocycles. The third kappa shape index (κ3) is 4.53. The van der Waals surface area contributed by atoms with E-state index >= 15 is 0 Å². The largest absolute Gasteiger partial charge is 0.493 e. The second-order valence-corrected chi connectivity index (χ2v) is 9.78. The fourth-order valence-electron chi connectivity index (χ4n) is 5.02. The number of likely N-dealkylation sites (tertiary alicyclic amines) is 1. The summed E-state index contributed by atoms with van der Waals surface area (Å²) < 4.78 is 18.3. The third-order valence-corrected chi connectivity index (χ3v) is 7.86. The monoisotopic (exact) mass is 494 g/mol. The van der Waals surface area contributed by atoms with Crippen molar-refractivity contribution in [1.82, 2.24) is 19.5 Å². The lowest BCUT2D eigenvalue weighted by atomic mass is 9.88. The van der Waals surface area contributed by atoms with Crippen LogP contribution < -0.4 is 14.2 Å². The number of hydrogen-bond acceptors (Lipinski definition) is 8. The molecule has 1 N–H and O–H groups in total. The second-order valence-electron chi connectivity index (χ2n) is 8.77. The standard InChI is InChI=1S/C26H30N4O4S/c1-32-20-14-19(15-21(33-2)23(20)34-3)22(24-25(31)30-26(35-24)27-16-28-30)29-11-9-18(10-12-29)13-17-7-5-4-6-8-17/h4-8,14-16,18,22,31H,9-13H2,1-3H3/t22-/m0/s1. The minimum absolute atomic E-state index is 0.118. The molecule has 0 aliphatic carbocycles. The van der Waals surface area contributed by atoms with Gasteiger partial charge in [0.05, 0.1) is 32.2 Å². The predicted octanol–water partition coefficient (Wildman–Crippen LogP) is 4.57. The van der Waals surface area contributed by atoms with Gasteiger partial charge in [0.2, 0.25) is 16.6 Å². The van der Waals surface area contributed by atoms with Crippen LogP contribution in [0.3, 0.4) is 0 Å². The Labute approximate surface area is 208 Å². The molecule has 0 spiro atoms. The maximum atomic E-state index is 11.1. The van der Waals surface area contributed by atoms with Crippen LogP contribution >= 0.6 is 11.3 Å². The smallest absolute Gasteiger partial charge is 0.230 e. The van der Waals surface area contributed by atoms with Crippen LogP contribution in [0.15, 0.2) is 48.8 Å². The molecule has 0 radical (unpaired) electrons. The predicted molar refractivity (Wildman–Crippen MR) is 135 cm³/mol. The average Bonchev–Trinajstić information content (AvgIpc) is 3.48. The molecular weight excluding hydrogens is 464 g/mol. The SMILES string of the molecule is COc1cc([C@@H](c2sc3ncnn3c2O)N2CCC(Cc3ccccc3)CC2)cc(OC)c1OC. The highest BCUT2D eigenvalue weighted by Gasteiger charge is 2.33. The number of piperidine rings is 1. The molecule has 0 unspecified atom stereocenters. The first-order chi connectivity index (χ1) is 17.1.